The van der Waals surface area contributed by atoms with Crippen LogP contribution in [0, 0.1) is 11.3 Å². The molecule has 0 radical (unpaired) electrons. The fourth-order valence-corrected chi connectivity index (χ4v) is 2.35. The lowest BCUT2D eigenvalue weighted by atomic mass is 10.1. The van der Waals surface area contributed by atoms with E-state index in [1.807, 2.05) is 54.1 Å². The number of nitrogens with zero attached hydrogens (tertiary/aromatic N) is 3. The van der Waals surface area contributed by atoms with E-state index in [4.69, 9.17) is 0 Å². The molecular weight excluding hydrogens is 248 g/mol. The van der Waals surface area contributed by atoms with Crippen LogP contribution in [0.3, 0.4) is 0 Å². The molecule has 4 nitrogen and oxygen atoms in total. The Balaban J connectivity index is 2.17. The molecule has 0 saturated heterocycles. The van der Waals surface area contributed by atoms with Crippen LogP contribution in [-0.2, 0) is 6.54 Å². The van der Waals surface area contributed by atoms with Crippen LogP contribution in [0.25, 0.3) is 16.7 Å². The van der Waals surface area contributed by atoms with E-state index < -0.39 is 0 Å². The minimum atomic E-state index is 0.654. The minimum Gasteiger partial charge on any atom is -0.316 e. The molecule has 4 heteroatoms. The summed E-state index contributed by atoms with van der Waals surface area (Å²) in [7, 11) is 1.89. The molecule has 3 aromatic rings. The van der Waals surface area contributed by atoms with Crippen LogP contribution < -0.4 is 5.32 Å². The third kappa shape index (κ3) is 2.04. The molecule has 0 aliphatic carbocycles. The maximum atomic E-state index is 9.38. The van der Waals surface area contributed by atoms with Crippen molar-refractivity contribution in [3.63, 3.8) is 0 Å². The Kier molecular flexibility index (Phi) is 3.20. The SMILES string of the molecule is CNCc1ccc(-n2cnc3ccccc32)c(C#N)c1. The van der Waals surface area contributed by atoms with Crippen molar-refractivity contribution >= 4 is 11.0 Å². The number of imidazole rings is 1. The Bertz CT molecular complexity index is 796. The molecule has 20 heavy (non-hydrogen) atoms. The molecular formula is C16H14N4. The van der Waals surface area contributed by atoms with Crippen LogP contribution in [0.2, 0.25) is 0 Å². The Morgan fingerprint density at radius 2 is 2.10 bits per heavy atom. The van der Waals surface area contributed by atoms with Gasteiger partial charge in [0.1, 0.15) is 12.4 Å². The van der Waals surface area contributed by atoms with Crippen molar-refractivity contribution in [1.29, 1.82) is 5.26 Å². The minimum absolute atomic E-state index is 0.654. The second kappa shape index (κ2) is 5.16. The fraction of sp³-hybridized carbons (Fsp3) is 0.125. The normalized spacial score (nSPS) is 10.6. The molecule has 3 rings (SSSR count). The van der Waals surface area contributed by atoms with Crippen molar-refractivity contribution in [3.8, 4) is 11.8 Å². The number of rotatable bonds is 3. The lowest BCUT2D eigenvalue weighted by Gasteiger charge is -2.08. The highest BCUT2D eigenvalue weighted by atomic mass is 15.0. The third-order valence-corrected chi connectivity index (χ3v) is 3.28. The number of nitriles is 1. The Hall–Kier alpha value is -2.64. The van der Waals surface area contributed by atoms with E-state index in [-0.39, 0.29) is 0 Å². The Morgan fingerprint density at radius 3 is 2.90 bits per heavy atom. The Morgan fingerprint density at radius 1 is 1.25 bits per heavy atom. The zero-order valence-corrected chi connectivity index (χ0v) is 11.2. The van der Waals surface area contributed by atoms with Crippen LogP contribution in [0.1, 0.15) is 11.1 Å². The van der Waals surface area contributed by atoms with E-state index in [0.29, 0.717) is 5.56 Å². The summed E-state index contributed by atoms with van der Waals surface area (Å²) in [5, 5.41) is 12.5. The average Bonchev–Trinajstić information content (AvgIpc) is 2.91. The number of aromatic nitrogens is 2. The van der Waals surface area contributed by atoms with Crippen molar-refractivity contribution in [3.05, 3.63) is 59.9 Å². The largest absolute Gasteiger partial charge is 0.316 e. The summed E-state index contributed by atoms with van der Waals surface area (Å²) >= 11 is 0. The fourth-order valence-electron chi connectivity index (χ4n) is 2.35. The van der Waals surface area contributed by atoms with Gasteiger partial charge in [0.2, 0.25) is 0 Å². The van der Waals surface area contributed by atoms with Crippen LogP contribution in [0.4, 0.5) is 0 Å². The summed E-state index contributed by atoms with van der Waals surface area (Å²) < 4.78 is 1.96. The summed E-state index contributed by atoms with van der Waals surface area (Å²) in [6.07, 6.45) is 1.76. The van der Waals surface area contributed by atoms with Gasteiger partial charge >= 0.3 is 0 Å². The average molecular weight is 262 g/mol. The second-order valence-electron chi connectivity index (χ2n) is 4.60. The van der Waals surface area contributed by atoms with Gasteiger partial charge in [0.15, 0.2) is 0 Å². The quantitative estimate of drug-likeness (QED) is 0.789. The summed E-state index contributed by atoms with van der Waals surface area (Å²) in [6, 6.07) is 16.1. The molecule has 0 unspecified atom stereocenters. The van der Waals surface area contributed by atoms with E-state index in [1.165, 1.54) is 0 Å². The zero-order valence-electron chi connectivity index (χ0n) is 11.2. The number of fused-ring (bicyclic) bond motifs is 1. The summed E-state index contributed by atoms with van der Waals surface area (Å²) in [5.74, 6) is 0. The van der Waals surface area contributed by atoms with E-state index in [1.54, 1.807) is 6.33 Å². The first-order valence-corrected chi connectivity index (χ1v) is 6.43. The van der Waals surface area contributed by atoms with Crippen molar-refractivity contribution in [2.45, 2.75) is 6.54 Å². The van der Waals surface area contributed by atoms with Gasteiger partial charge in [-0.1, -0.05) is 18.2 Å². The van der Waals surface area contributed by atoms with Crippen molar-refractivity contribution in [2.24, 2.45) is 0 Å². The summed E-state index contributed by atoms with van der Waals surface area (Å²) in [5.41, 5.74) is 4.54. The van der Waals surface area contributed by atoms with Crippen molar-refractivity contribution in [2.75, 3.05) is 7.05 Å². The summed E-state index contributed by atoms with van der Waals surface area (Å²) in [4.78, 5) is 4.37. The van der Waals surface area contributed by atoms with Gasteiger partial charge in [-0.15, -0.1) is 0 Å². The highest BCUT2D eigenvalue weighted by molar-refractivity contribution is 5.77. The third-order valence-electron chi connectivity index (χ3n) is 3.28. The lowest BCUT2D eigenvalue weighted by Crippen LogP contribution is -2.06. The lowest BCUT2D eigenvalue weighted by molar-refractivity contribution is 0.817. The van der Waals surface area contributed by atoms with Gasteiger partial charge in [0.25, 0.3) is 0 Å². The predicted molar refractivity (Wildman–Crippen MR) is 78.5 cm³/mol. The number of hydrogen-bond donors (Lipinski definition) is 1. The first kappa shape index (κ1) is 12.4. The number of hydrogen-bond acceptors (Lipinski definition) is 3. The number of benzene rings is 2. The smallest absolute Gasteiger partial charge is 0.101 e. The molecule has 98 valence electrons. The standard InChI is InChI=1S/C16H14N4/c1-18-10-12-6-7-15(13(8-12)9-17)20-11-19-14-4-2-3-5-16(14)20/h2-8,11,18H,10H2,1H3. The molecule has 1 N–H and O–H groups in total. The van der Waals surface area contributed by atoms with Crippen LogP contribution >= 0.6 is 0 Å². The zero-order chi connectivity index (χ0) is 13.9. The number of para-hydroxylation sites is 2. The van der Waals surface area contributed by atoms with E-state index in [2.05, 4.69) is 16.4 Å². The molecule has 0 bridgehead atoms. The summed E-state index contributed by atoms with van der Waals surface area (Å²) in [6.45, 7) is 0.750. The second-order valence-corrected chi connectivity index (χ2v) is 4.60. The maximum absolute atomic E-state index is 9.38. The van der Waals surface area contributed by atoms with Gasteiger partial charge in [-0.3, -0.25) is 4.57 Å². The molecule has 2 aromatic carbocycles. The molecule has 0 atom stereocenters. The van der Waals surface area contributed by atoms with Gasteiger partial charge in [0, 0.05) is 6.54 Å². The predicted octanol–water partition coefficient (Wildman–Crippen LogP) is 2.62. The van der Waals surface area contributed by atoms with Crippen molar-refractivity contribution in [1.82, 2.24) is 14.9 Å². The van der Waals surface area contributed by atoms with Gasteiger partial charge in [-0.2, -0.15) is 5.26 Å². The highest BCUT2D eigenvalue weighted by Gasteiger charge is 2.09. The van der Waals surface area contributed by atoms with Crippen LogP contribution in [0.5, 0.6) is 0 Å². The molecule has 0 aliphatic rings. The molecule has 0 amide bonds. The molecule has 1 aromatic heterocycles. The molecule has 0 saturated carbocycles. The monoisotopic (exact) mass is 262 g/mol. The topological polar surface area (TPSA) is 53.6 Å². The maximum Gasteiger partial charge on any atom is 0.101 e. The van der Waals surface area contributed by atoms with Gasteiger partial charge in [-0.05, 0) is 36.9 Å². The van der Waals surface area contributed by atoms with Gasteiger partial charge in [0.05, 0.1) is 22.3 Å². The van der Waals surface area contributed by atoms with Crippen LogP contribution in [-0.4, -0.2) is 16.6 Å². The van der Waals surface area contributed by atoms with Crippen LogP contribution in [0.15, 0.2) is 48.8 Å². The van der Waals surface area contributed by atoms with Crippen molar-refractivity contribution < 1.29 is 0 Å². The highest BCUT2D eigenvalue weighted by Crippen LogP contribution is 2.21. The molecule has 0 aliphatic heterocycles. The number of nitrogens with one attached hydrogen (secondary N) is 1. The first-order chi connectivity index (χ1) is 9.83. The van der Waals surface area contributed by atoms with E-state index >= 15 is 0 Å². The molecule has 0 fully saturated rings. The first-order valence-electron chi connectivity index (χ1n) is 6.43. The van der Waals surface area contributed by atoms with Gasteiger partial charge in [-0.25, -0.2) is 4.98 Å². The van der Waals surface area contributed by atoms with E-state index in [9.17, 15) is 5.26 Å². The van der Waals surface area contributed by atoms with E-state index in [0.717, 1.165) is 28.8 Å². The molecule has 0 spiro atoms. The Labute approximate surface area is 117 Å². The molecule has 1 heterocycles. The van der Waals surface area contributed by atoms with Gasteiger partial charge < -0.3 is 5.32 Å².